The summed E-state index contributed by atoms with van der Waals surface area (Å²) in [6, 6.07) is 0.605. The van der Waals surface area contributed by atoms with E-state index in [0.29, 0.717) is 6.04 Å². The summed E-state index contributed by atoms with van der Waals surface area (Å²) >= 11 is 0. The summed E-state index contributed by atoms with van der Waals surface area (Å²) in [4.78, 5) is 4.48. The number of aromatic nitrogens is 2. The van der Waals surface area contributed by atoms with Crippen molar-refractivity contribution in [3.05, 3.63) is 18.2 Å². The number of nitrogens with zero attached hydrogens (tertiary/aromatic N) is 2. The molecule has 3 unspecified atom stereocenters. The summed E-state index contributed by atoms with van der Waals surface area (Å²) < 4.78 is 2.29. The van der Waals surface area contributed by atoms with E-state index in [9.17, 15) is 0 Å². The highest BCUT2D eigenvalue weighted by Gasteiger charge is 2.39. The fourth-order valence-corrected chi connectivity index (χ4v) is 2.55. The van der Waals surface area contributed by atoms with E-state index >= 15 is 0 Å². The van der Waals surface area contributed by atoms with Gasteiger partial charge in [-0.15, -0.1) is 0 Å². The van der Waals surface area contributed by atoms with Gasteiger partial charge in [-0.3, -0.25) is 0 Å². The summed E-state index contributed by atoms with van der Waals surface area (Å²) in [5.74, 6) is 2.99. The first kappa shape index (κ1) is 11.6. The zero-order chi connectivity index (χ0) is 11.5. The van der Waals surface area contributed by atoms with Gasteiger partial charge in [0.15, 0.2) is 0 Å². The van der Waals surface area contributed by atoms with Crippen LogP contribution in [0.4, 0.5) is 0 Å². The molecule has 1 aliphatic carbocycles. The highest BCUT2D eigenvalue weighted by molar-refractivity contribution is 5.01. The van der Waals surface area contributed by atoms with Crippen molar-refractivity contribution in [2.45, 2.75) is 45.7 Å². The maximum atomic E-state index is 4.48. The molecular weight excluding hydrogens is 198 g/mol. The van der Waals surface area contributed by atoms with Gasteiger partial charge in [-0.05, 0) is 31.7 Å². The lowest BCUT2D eigenvalue weighted by atomic mass is 10.1. The monoisotopic (exact) mass is 221 g/mol. The molecule has 1 aromatic heterocycles. The van der Waals surface area contributed by atoms with Gasteiger partial charge in [0.25, 0.3) is 0 Å². The molecule has 1 saturated carbocycles. The smallest absolute Gasteiger partial charge is 0.110 e. The predicted molar refractivity (Wildman–Crippen MR) is 66.3 cm³/mol. The minimum absolute atomic E-state index is 0.605. The Hall–Kier alpha value is -0.830. The van der Waals surface area contributed by atoms with Crippen LogP contribution in [0.15, 0.2) is 12.4 Å². The third-order valence-electron chi connectivity index (χ3n) is 3.73. The molecule has 0 aromatic carbocycles. The second-order valence-electron chi connectivity index (χ2n) is 5.01. The maximum Gasteiger partial charge on any atom is 0.110 e. The average molecular weight is 221 g/mol. The Morgan fingerprint density at radius 3 is 2.94 bits per heavy atom. The van der Waals surface area contributed by atoms with Crippen molar-refractivity contribution in [3.63, 3.8) is 0 Å². The van der Waals surface area contributed by atoms with Crippen LogP contribution in [0, 0.1) is 11.8 Å². The van der Waals surface area contributed by atoms with Gasteiger partial charge in [0, 0.05) is 31.4 Å². The van der Waals surface area contributed by atoms with Crippen molar-refractivity contribution < 1.29 is 0 Å². The minimum atomic E-state index is 0.605. The molecule has 16 heavy (non-hydrogen) atoms. The Labute approximate surface area is 98.3 Å². The second-order valence-corrected chi connectivity index (χ2v) is 5.01. The van der Waals surface area contributed by atoms with Crippen LogP contribution in [0.25, 0.3) is 0 Å². The lowest BCUT2D eigenvalue weighted by molar-refractivity contribution is 0.459. The number of hydrogen-bond acceptors (Lipinski definition) is 2. The molecule has 2 rings (SSSR count). The number of rotatable bonds is 6. The molecule has 90 valence electrons. The summed E-state index contributed by atoms with van der Waals surface area (Å²) in [6.07, 6.45) is 7.64. The molecule has 0 radical (unpaired) electrons. The molecule has 1 fully saturated rings. The first-order valence-corrected chi connectivity index (χ1v) is 6.43. The highest BCUT2D eigenvalue weighted by Crippen LogP contribution is 2.41. The Bertz CT molecular complexity index is 332. The van der Waals surface area contributed by atoms with Crippen LogP contribution in [0.3, 0.4) is 0 Å². The van der Waals surface area contributed by atoms with E-state index in [4.69, 9.17) is 0 Å². The summed E-state index contributed by atoms with van der Waals surface area (Å²) in [6.45, 7) is 5.64. The standard InChI is InChI=1S/C13H23N3/c1-4-6-16-7-5-15-13(16)9-12(14-3)11-8-10(11)2/h5,7,10-12,14H,4,6,8-9H2,1-3H3. The van der Waals surface area contributed by atoms with Gasteiger partial charge in [0.2, 0.25) is 0 Å². The highest BCUT2D eigenvalue weighted by atomic mass is 15.1. The zero-order valence-corrected chi connectivity index (χ0v) is 10.6. The van der Waals surface area contributed by atoms with Crippen molar-refractivity contribution in [3.8, 4) is 0 Å². The van der Waals surface area contributed by atoms with Gasteiger partial charge >= 0.3 is 0 Å². The van der Waals surface area contributed by atoms with Crippen LogP contribution in [-0.2, 0) is 13.0 Å². The van der Waals surface area contributed by atoms with E-state index in [0.717, 1.165) is 24.8 Å². The Balaban J connectivity index is 1.98. The van der Waals surface area contributed by atoms with E-state index in [1.807, 2.05) is 6.20 Å². The molecule has 0 bridgehead atoms. The first-order valence-electron chi connectivity index (χ1n) is 6.43. The molecular formula is C13H23N3. The third kappa shape index (κ3) is 2.46. The quantitative estimate of drug-likeness (QED) is 0.797. The van der Waals surface area contributed by atoms with E-state index in [2.05, 4.69) is 42.0 Å². The number of imidazole rings is 1. The lowest BCUT2D eigenvalue weighted by Gasteiger charge is -2.16. The third-order valence-corrected chi connectivity index (χ3v) is 3.73. The number of likely N-dealkylation sites (N-methyl/N-ethyl adjacent to an activating group) is 1. The molecule has 3 nitrogen and oxygen atoms in total. The van der Waals surface area contributed by atoms with Crippen LogP contribution >= 0.6 is 0 Å². The van der Waals surface area contributed by atoms with Crippen molar-refractivity contribution in [2.24, 2.45) is 11.8 Å². The average Bonchev–Trinajstić information content (AvgIpc) is 2.84. The largest absolute Gasteiger partial charge is 0.335 e. The van der Waals surface area contributed by atoms with E-state index < -0.39 is 0 Å². The van der Waals surface area contributed by atoms with Crippen LogP contribution in [0.5, 0.6) is 0 Å². The van der Waals surface area contributed by atoms with Crippen LogP contribution in [0.1, 0.15) is 32.5 Å². The molecule has 3 heteroatoms. The normalized spacial score (nSPS) is 25.7. The Morgan fingerprint density at radius 1 is 1.62 bits per heavy atom. The van der Waals surface area contributed by atoms with Crippen molar-refractivity contribution in [1.82, 2.24) is 14.9 Å². The van der Waals surface area contributed by atoms with E-state index in [1.165, 1.54) is 18.7 Å². The predicted octanol–water partition coefficient (Wildman–Crippen LogP) is 2.08. The number of hydrogen-bond donors (Lipinski definition) is 1. The van der Waals surface area contributed by atoms with Gasteiger partial charge < -0.3 is 9.88 Å². The fourth-order valence-electron chi connectivity index (χ4n) is 2.55. The molecule has 0 amide bonds. The SMILES string of the molecule is CCCn1ccnc1CC(NC)C1CC1C. The zero-order valence-electron chi connectivity index (χ0n) is 10.6. The van der Waals surface area contributed by atoms with Gasteiger partial charge in [0.1, 0.15) is 5.82 Å². The summed E-state index contributed by atoms with van der Waals surface area (Å²) in [5.41, 5.74) is 0. The van der Waals surface area contributed by atoms with Crippen LogP contribution in [0.2, 0.25) is 0 Å². The minimum Gasteiger partial charge on any atom is -0.335 e. The molecule has 1 aromatic rings. The molecule has 0 spiro atoms. The maximum absolute atomic E-state index is 4.48. The topological polar surface area (TPSA) is 29.9 Å². The summed E-state index contributed by atoms with van der Waals surface area (Å²) in [7, 11) is 2.07. The van der Waals surface area contributed by atoms with Crippen molar-refractivity contribution >= 4 is 0 Å². The number of aryl methyl sites for hydroxylation is 1. The molecule has 0 saturated heterocycles. The van der Waals surface area contributed by atoms with Gasteiger partial charge in [0.05, 0.1) is 0 Å². The van der Waals surface area contributed by atoms with E-state index in [1.54, 1.807) is 0 Å². The Kier molecular flexibility index (Phi) is 3.64. The molecule has 0 aliphatic heterocycles. The first-order chi connectivity index (χ1) is 7.76. The van der Waals surface area contributed by atoms with Gasteiger partial charge in [-0.2, -0.15) is 0 Å². The molecule has 1 N–H and O–H groups in total. The summed E-state index contributed by atoms with van der Waals surface area (Å²) in [5, 5.41) is 3.45. The van der Waals surface area contributed by atoms with Gasteiger partial charge in [-0.25, -0.2) is 4.98 Å². The Morgan fingerprint density at radius 2 is 2.38 bits per heavy atom. The van der Waals surface area contributed by atoms with E-state index in [-0.39, 0.29) is 0 Å². The number of nitrogens with one attached hydrogen (secondary N) is 1. The van der Waals surface area contributed by atoms with Crippen molar-refractivity contribution in [2.75, 3.05) is 7.05 Å². The van der Waals surface area contributed by atoms with Crippen LogP contribution in [-0.4, -0.2) is 22.6 Å². The van der Waals surface area contributed by atoms with Gasteiger partial charge in [-0.1, -0.05) is 13.8 Å². The van der Waals surface area contributed by atoms with Crippen molar-refractivity contribution in [1.29, 1.82) is 0 Å². The molecule has 1 heterocycles. The molecule has 1 aliphatic rings. The molecule has 3 atom stereocenters. The lowest BCUT2D eigenvalue weighted by Crippen LogP contribution is -2.31. The second kappa shape index (κ2) is 5.00. The fraction of sp³-hybridized carbons (Fsp3) is 0.769. The van der Waals surface area contributed by atoms with Crippen LogP contribution < -0.4 is 5.32 Å².